The van der Waals surface area contributed by atoms with Gasteiger partial charge >= 0.3 is 0 Å². The number of aliphatic hydroxyl groups excluding tert-OH is 1. The molecular weight excluding hydrogens is 544 g/mol. The van der Waals surface area contributed by atoms with E-state index in [0.717, 1.165) is 43.2 Å². The zero-order valence-corrected chi connectivity index (χ0v) is 23.8. The number of nitrogens with one attached hydrogen (secondary N) is 1. The third kappa shape index (κ3) is 7.78. The number of nitrogens with zero attached hydrogens (tertiary/aromatic N) is 3. The Hall–Kier alpha value is -4.70. The lowest BCUT2D eigenvalue weighted by Crippen LogP contribution is -2.50. The summed E-state index contributed by atoms with van der Waals surface area (Å²) in [7, 11) is 0. The number of anilines is 1. The third-order valence-corrected chi connectivity index (χ3v) is 7.24. The molecule has 4 aromatic carbocycles. The lowest BCUT2D eigenvalue weighted by molar-refractivity contribution is -0.117. The average molecular weight is 579 g/mol. The number of carbonyl (C=O) groups is 1. The highest BCUT2D eigenvalue weighted by atomic mass is 16.5. The van der Waals surface area contributed by atoms with Crippen molar-refractivity contribution in [2.24, 2.45) is 0 Å². The topological polar surface area (TPSA) is 100 Å². The van der Waals surface area contributed by atoms with Gasteiger partial charge in [-0.25, -0.2) is 4.98 Å². The lowest BCUT2D eigenvalue weighted by atomic mass is 10.2. The van der Waals surface area contributed by atoms with Gasteiger partial charge in [0, 0.05) is 50.0 Å². The quantitative estimate of drug-likeness (QED) is 0.218. The molecule has 0 saturated carbocycles. The Morgan fingerprint density at radius 2 is 1.49 bits per heavy atom. The van der Waals surface area contributed by atoms with Crippen LogP contribution in [0.15, 0.2) is 108 Å². The molecule has 9 heteroatoms. The standard InChI is InChI=1S/C34H34N4O5/c39-27(24-41-30-15-16-32-31(21-30)36-34(43-32)25-7-3-1-4-8-25)22-37-17-19-38(20-18-37)23-33(40)35-26-11-13-29(14-12-26)42-28-9-5-2-6-10-28/h1-16,21,27,39H,17-20,22-24H2,(H,35,40). The maximum atomic E-state index is 12.6. The second-order valence-corrected chi connectivity index (χ2v) is 10.5. The van der Waals surface area contributed by atoms with Crippen LogP contribution >= 0.6 is 0 Å². The van der Waals surface area contributed by atoms with Crippen molar-refractivity contribution in [2.75, 3.05) is 51.2 Å². The van der Waals surface area contributed by atoms with E-state index in [1.54, 1.807) is 0 Å². The number of oxazole rings is 1. The van der Waals surface area contributed by atoms with Crippen LogP contribution in [0.3, 0.4) is 0 Å². The number of hydrogen-bond donors (Lipinski definition) is 2. The summed E-state index contributed by atoms with van der Waals surface area (Å²) in [5.41, 5.74) is 3.04. The van der Waals surface area contributed by atoms with E-state index in [1.165, 1.54) is 0 Å². The van der Waals surface area contributed by atoms with Crippen molar-refractivity contribution in [1.29, 1.82) is 0 Å². The van der Waals surface area contributed by atoms with Gasteiger partial charge in [-0.1, -0.05) is 36.4 Å². The number of aromatic nitrogens is 1. The fourth-order valence-corrected chi connectivity index (χ4v) is 5.01. The molecule has 220 valence electrons. The molecule has 0 spiro atoms. The molecule has 1 unspecified atom stereocenters. The highest BCUT2D eigenvalue weighted by Crippen LogP contribution is 2.27. The Morgan fingerprint density at radius 1 is 0.837 bits per heavy atom. The molecule has 5 aromatic rings. The maximum Gasteiger partial charge on any atom is 0.238 e. The summed E-state index contributed by atoms with van der Waals surface area (Å²) in [5.74, 6) is 2.61. The molecule has 1 aromatic heterocycles. The molecule has 0 radical (unpaired) electrons. The zero-order chi connectivity index (χ0) is 29.4. The summed E-state index contributed by atoms with van der Waals surface area (Å²) in [6, 6.07) is 32.2. The Labute approximate surface area is 250 Å². The monoisotopic (exact) mass is 578 g/mol. The van der Waals surface area contributed by atoms with E-state index in [0.29, 0.717) is 41.6 Å². The van der Waals surface area contributed by atoms with Crippen LogP contribution in [0.2, 0.25) is 0 Å². The van der Waals surface area contributed by atoms with E-state index in [1.807, 2.05) is 103 Å². The summed E-state index contributed by atoms with van der Waals surface area (Å²) in [6.07, 6.45) is -0.642. The molecule has 1 aliphatic heterocycles. The fraction of sp³-hybridized carbons (Fsp3) is 0.235. The molecule has 2 N–H and O–H groups in total. The van der Waals surface area contributed by atoms with Gasteiger partial charge in [0.15, 0.2) is 5.58 Å². The Kier molecular flexibility index (Phi) is 8.93. The van der Waals surface area contributed by atoms with Crippen LogP contribution in [-0.2, 0) is 4.79 Å². The first-order valence-electron chi connectivity index (χ1n) is 14.4. The number of carbonyl (C=O) groups excluding carboxylic acids is 1. The minimum Gasteiger partial charge on any atom is -0.491 e. The predicted molar refractivity (Wildman–Crippen MR) is 165 cm³/mol. The molecule has 0 bridgehead atoms. The van der Waals surface area contributed by atoms with Crippen LogP contribution in [0.1, 0.15) is 0 Å². The lowest BCUT2D eigenvalue weighted by Gasteiger charge is -2.35. The van der Waals surface area contributed by atoms with Crippen molar-refractivity contribution >= 4 is 22.7 Å². The van der Waals surface area contributed by atoms with Crippen molar-refractivity contribution in [3.05, 3.63) is 103 Å². The maximum absolute atomic E-state index is 12.6. The summed E-state index contributed by atoms with van der Waals surface area (Å²) in [4.78, 5) is 21.5. The summed E-state index contributed by atoms with van der Waals surface area (Å²) in [5, 5.41) is 13.6. The number of amides is 1. The van der Waals surface area contributed by atoms with E-state index in [9.17, 15) is 9.90 Å². The minimum absolute atomic E-state index is 0.0569. The molecule has 1 atom stereocenters. The van der Waals surface area contributed by atoms with Crippen molar-refractivity contribution < 1.29 is 23.8 Å². The largest absolute Gasteiger partial charge is 0.491 e. The van der Waals surface area contributed by atoms with Crippen molar-refractivity contribution in [1.82, 2.24) is 14.8 Å². The Balaban J connectivity index is 0.905. The fourth-order valence-electron chi connectivity index (χ4n) is 5.01. The number of piperazine rings is 1. The van der Waals surface area contributed by atoms with Crippen LogP contribution in [-0.4, -0.2) is 77.8 Å². The van der Waals surface area contributed by atoms with E-state index < -0.39 is 6.10 Å². The van der Waals surface area contributed by atoms with Gasteiger partial charge < -0.3 is 24.3 Å². The molecule has 1 aliphatic rings. The van der Waals surface area contributed by atoms with Gasteiger partial charge in [-0.2, -0.15) is 0 Å². The molecule has 6 rings (SSSR count). The first-order valence-corrected chi connectivity index (χ1v) is 14.4. The first kappa shape index (κ1) is 28.4. The summed E-state index contributed by atoms with van der Waals surface area (Å²) < 4.78 is 17.5. The molecular formula is C34H34N4O5. The molecule has 1 amide bonds. The molecule has 43 heavy (non-hydrogen) atoms. The number of benzene rings is 4. The van der Waals surface area contributed by atoms with Gasteiger partial charge in [0.25, 0.3) is 0 Å². The number of hydrogen-bond acceptors (Lipinski definition) is 8. The zero-order valence-electron chi connectivity index (χ0n) is 23.8. The van der Waals surface area contributed by atoms with Crippen LogP contribution in [0, 0.1) is 0 Å². The van der Waals surface area contributed by atoms with Crippen LogP contribution in [0.4, 0.5) is 5.69 Å². The number of rotatable bonds is 11. The SMILES string of the molecule is O=C(CN1CCN(CC(O)COc2ccc3oc(-c4ccccc4)nc3c2)CC1)Nc1ccc(Oc2ccccc2)cc1. The van der Waals surface area contributed by atoms with Gasteiger partial charge in [-0.05, 0) is 60.7 Å². The van der Waals surface area contributed by atoms with E-state index in [4.69, 9.17) is 13.9 Å². The Morgan fingerprint density at radius 3 is 2.23 bits per heavy atom. The number of ether oxygens (including phenoxy) is 2. The van der Waals surface area contributed by atoms with Crippen LogP contribution in [0.25, 0.3) is 22.6 Å². The van der Waals surface area contributed by atoms with Gasteiger partial charge in [-0.3, -0.25) is 14.6 Å². The number of aliphatic hydroxyl groups is 1. The van der Waals surface area contributed by atoms with E-state index >= 15 is 0 Å². The van der Waals surface area contributed by atoms with E-state index in [2.05, 4.69) is 20.1 Å². The van der Waals surface area contributed by atoms with Crippen molar-refractivity contribution in [3.8, 4) is 28.7 Å². The van der Waals surface area contributed by atoms with Crippen LogP contribution in [0.5, 0.6) is 17.2 Å². The van der Waals surface area contributed by atoms with Gasteiger partial charge in [0.2, 0.25) is 11.8 Å². The van der Waals surface area contributed by atoms with Crippen LogP contribution < -0.4 is 14.8 Å². The molecule has 9 nitrogen and oxygen atoms in total. The minimum atomic E-state index is -0.642. The van der Waals surface area contributed by atoms with Gasteiger partial charge in [0.05, 0.1) is 6.54 Å². The Bertz CT molecular complexity index is 1620. The highest BCUT2D eigenvalue weighted by Gasteiger charge is 2.21. The predicted octanol–water partition coefficient (Wildman–Crippen LogP) is 5.28. The summed E-state index contributed by atoms with van der Waals surface area (Å²) in [6.45, 7) is 4.02. The third-order valence-electron chi connectivity index (χ3n) is 7.24. The second-order valence-electron chi connectivity index (χ2n) is 10.5. The van der Waals surface area contributed by atoms with E-state index in [-0.39, 0.29) is 12.5 Å². The number of fused-ring (bicyclic) bond motifs is 1. The normalized spacial score (nSPS) is 14.8. The smallest absolute Gasteiger partial charge is 0.238 e. The van der Waals surface area contributed by atoms with Crippen molar-refractivity contribution in [3.63, 3.8) is 0 Å². The van der Waals surface area contributed by atoms with Gasteiger partial charge in [-0.15, -0.1) is 0 Å². The molecule has 1 fully saturated rings. The van der Waals surface area contributed by atoms with Gasteiger partial charge in [0.1, 0.15) is 35.5 Å². The van der Waals surface area contributed by atoms with Crippen molar-refractivity contribution in [2.45, 2.75) is 6.10 Å². The second kappa shape index (κ2) is 13.5. The number of para-hydroxylation sites is 1. The number of β-amino-alcohol motifs (C(OH)–C–C–N with tert-alkyl or cyclic N) is 1. The molecule has 2 heterocycles. The first-order chi connectivity index (χ1) is 21.1. The molecule has 1 saturated heterocycles. The highest BCUT2D eigenvalue weighted by molar-refractivity contribution is 5.92. The summed E-state index contributed by atoms with van der Waals surface area (Å²) >= 11 is 0. The average Bonchev–Trinajstić information content (AvgIpc) is 3.47. The molecule has 0 aliphatic carbocycles.